The first-order chi connectivity index (χ1) is 14.8. The van der Waals surface area contributed by atoms with Crippen LogP contribution in [-0.2, 0) is 26.2 Å². The second kappa shape index (κ2) is 8.35. The minimum Gasteiger partial charge on any atom is -0.388 e. The van der Waals surface area contributed by atoms with Crippen molar-refractivity contribution in [2.45, 2.75) is 36.3 Å². The van der Waals surface area contributed by atoms with Crippen LogP contribution in [0.2, 0.25) is 0 Å². The minimum atomic E-state index is -3.74. The maximum absolute atomic E-state index is 13.7. The van der Waals surface area contributed by atoms with E-state index >= 15 is 0 Å². The second-order valence-electron chi connectivity index (χ2n) is 7.62. The number of nitrogens with one attached hydrogen (secondary N) is 1. The molecule has 1 spiro atoms. The molecular weight excluding hydrogens is 428 g/mol. The first-order valence-electron chi connectivity index (χ1n) is 9.81. The van der Waals surface area contributed by atoms with Crippen molar-refractivity contribution in [2.24, 2.45) is 5.16 Å². The number of benzene rings is 2. The summed E-state index contributed by atoms with van der Waals surface area (Å²) in [4.78, 5) is 18.0. The molecule has 4 rings (SSSR count). The van der Waals surface area contributed by atoms with Crippen LogP contribution in [-0.4, -0.2) is 43.0 Å². The topological polar surface area (TPSA) is 88.1 Å². The summed E-state index contributed by atoms with van der Waals surface area (Å²) in [5, 5.41) is 6.54. The van der Waals surface area contributed by atoms with Gasteiger partial charge in [-0.05, 0) is 30.3 Å². The Labute approximate surface area is 178 Å². The average molecular weight is 449 g/mol. The third-order valence-corrected chi connectivity index (χ3v) is 7.50. The molecule has 2 aliphatic rings. The molecule has 0 aliphatic carbocycles. The van der Waals surface area contributed by atoms with Crippen LogP contribution >= 0.6 is 0 Å². The number of hydrogen-bond acceptors (Lipinski definition) is 5. The number of amides is 1. The van der Waals surface area contributed by atoms with E-state index in [2.05, 4.69) is 10.5 Å². The third-order valence-electron chi connectivity index (χ3n) is 5.58. The van der Waals surface area contributed by atoms with Crippen LogP contribution in [0, 0.1) is 11.6 Å². The SMILES string of the molecule is O=C(NCc1ccccc1F)C1=NOC2(CCN(S(=O)(=O)c3ccc(F)cc3)CC2)C1. The van der Waals surface area contributed by atoms with Crippen LogP contribution in [0.4, 0.5) is 8.78 Å². The fraction of sp³-hybridized carbons (Fsp3) is 0.333. The van der Waals surface area contributed by atoms with Crippen LogP contribution in [0.15, 0.2) is 58.6 Å². The summed E-state index contributed by atoms with van der Waals surface area (Å²) in [5.74, 6) is -1.35. The smallest absolute Gasteiger partial charge is 0.269 e. The molecule has 2 aromatic rings. The van der Waals surface area contributed by atoms with Gasteiger partial charge in [0.1, 0.15) is 22.9 Å². The van der Waals surface area contributed by atoms with Crippen molar-refractivity contribution in [3.63, 3.8) is 0 Å². The molecule has 1 amide bonds. The number of rotatable bonds is 5. The summed E-state index contributed by atoms with van der Waals surface area (Å²) in [5.41, 5.74) is -0.171. The van der Waals surface area contributed by atoms with Gasteiger partial charge in [-0.15, -0.1) is 0 Å². The fourth-order valence-electron chi connectivity index (χ4n) is 3.72. The molecule has 7 nitrogen and oxygen atoms in total. The summed E-state index contributed by atoms with van der Waals surface area (Å²) in [7, 11) is -3.74. The maximum Gasteiger partial charge on any atom is 0.269 e. The quantitative estimate of drug-likeness (QED) is 0.760. The van der Waals surface area contributed by atoms with Gasteiger partial charge in [-0.25, -0.2) is 17.2 Å². The lowest BCUT2D eigenvalue weighted by atomic mass is 9.87. The van der Waals surface area contributed by atoms with Gasteiger partial charge in [-0.1, -0.05) is 23.4 Å². The molecule has 1 saturated heterocycles. The molecule has 1 fully saturated rings. The van der Waals surface area contributed by atoms with Gasteiger partial charge in [0.25, 0.3) is 5.91 Å². The van der Waals surface area contributed by atoms with Gasteiger partial charge in [-0.2, -0.15) is 4.31 Å². The molecular formula is C21H21F2N3O4S. The summed E-state index contributed by atoms with van der Waals surface area (Å²) in [6.07, 6.45) is 0.975. The van der Waals surface area contributed by atoms with Crippen molar-refractivity contribution in [2.75, 3.05) is 13.1 Å². The molecule has 0 atom stereocenters. The standard InChI is InChI=1S/C21H21F2N3O4S/c22-16-5-7-17(8-6-16)31(28,29)26-11-9-21(10-12-26)13-19(25-30-21)20(27)24-14-15-3-1-2-4-18(15)23/h1-8H,9-14H2,(H,24,27). The molecule has 0 saturated carbocycles. The summed E-state index contributed by atoms with van der Waals surface area (Å²) in [6, 6.07) is 10.9. The highest BCUT2D eigenvalue weighted by molar-refractivity contribution is 7.89. The number of hydrogen-bond donors (Lipinski definition) is 1. The van der Waals surface area contributed by atoms with E-state index in [1.54, 1.807) is 18.2 Å². The Morgan fingerprint density at radius 1 is 1.10 bits per heavy atom. The van der Waals surface area contributed by atoms with Crippen molar-refractivity contribution < 1.29 is 26.8 Å². The summed E-state index contributed by atoms with van der Waals surface area (Å²) < 4.78 is 53.6. The van der Waals surface area contributed by atoms with Crippen LogP contribution in [0.25, 0.3) is 0 Å². The monoisotopic (exact) mass is 449 g/mol. The lowest BCUT2D eigenvalue weighted by molar-refractivity contribution is -0.115. The predicted octanol–water partition coefficient (Wildman–Crippen LogP) is 2.58. The Morgan fingerprint density at radius 2 is 1.77 bits per heavy atom. The first-order valence-corrected chi connectivity index (χ1v) is 11.3. The van der Waals surface area contributed by atoms with Gasteiger partial charge in [0.15, 0.2) is 0 Å². The van der Waals surface area contributed by atoms with Crippen molar-refractivity contribution in [1.29, 1.82) is 0 Å². The molecule has 2 heterocycles. The highest BCUT2D eigenvalue weighted by atomic mass is 32.2. The van der Waals surface area contributed by atoms with E-state index in [0.29, 0.717) is 18.4 Å². The number of halogens is 2. The molecule has 10 heteroatoms. The number of piperidine rings is 1. The lowest BCUT2D eigenvalue weighted by Gasteiger charge is -2.36. The lowest BCUT2D eigenvalue weighted by Crippen LogP contribution is -2.47. The van der Waals surface area contributed by atoms with E-state index in [9.17, 15) is 22.0 Å². The number of sulfonamides is 1. The zero-order valence-electron chi connectivity index (χ0n) is 16.6. The molecule has 0 bridgehead atoms. The predicted molar refractivity (Wildman–Crippen MR) is 109 cm³/mol. The van der Waals surface area contributed by atoms with Crippen molar-refractivity contribution >= 4 is 21.6 Å². The van der Waals surface area contributed by atoms with Gasteiger partial charge in [-0.3, -0.25) is 4.79 Å². The fourth-order valence-corrected chi connectivity index (χ4v) is 5.16. The minimum absolute atomic E-state index is 0.0290. The van der Waals surface area contributed by atoms with Crippen molar-refractivity contribution in [3.05, 3.63) is 65.7 Å². The van der Waals surface area contributed by atoms with Gasteiger partial charge in [0, 0.05) is 44.5 Å². The Bertz CT molecular complexity index is 1110. The molecule has 2 aliphatic heterocycles. The summed E-state index contributed by atoms with van der Waals surface area (Å²) >= 11 is 0. The highest BCUT2D eigenvalue weighted by Crippen LogP contribution is 2.36. The number of nitrogens with zero attached hydrogens (tertiary/aromatic N) is 2. The zero-order valence-corrected chi connectivity index (χ0v) is 17.4. The molecule has 0 aromatic heterocycles. The van der Waals surface area contributed by atoms with E-state index in [0.717, 1.165) is 12.1 Å². The van der Waals surface area contributed by atoms with E-state index in [-0.39, 0.29) is 36.7 Å². The van der Waals surface area contributed by atoms with Crippen molar-refractivity contribution in [1.82, 2.24) is 9.62 Å². The van der Waals surface area contributed by atoms with Gasteiger partial charge >= 0.3 is 0 Å². The van der Waals surface area contributed by atoms with E-state index in [1.165, 1.54) is 22.5 Å². The van der Waals surface area contributed by atoms with Crippen LogP contribution in [0.3, 0.4) is 0 Å². The molecule has 0 unspecified atom stereocenters. The molecule has 2 aromatic carbocycles. The largest absolute Gasteiger partial charge is 0.388 e. The molecule has 0 radical (unpaired) electrons. The van der Waals surface area contributed by atoms with E-state index in [4.69, 9.17) is 4.84 Å². The molecule has 31 heavy (non-hydrogen) atoms. The Hall–Kier alpha value is -2.85. The van der Waals surface area contributed by atoms with E-state index in [1.807, 2.05) is 0 Å². The number of carbonyl (C=O) groups excluding carboxylic acids is 1. The van der Waals surface area contributed by atoms with E-state index < -0.39 is 33.2 Å². The normalized spacial score (nSPS) is 18.5. The van der Waals surface area contributed by atoms with Gasteiger partial charge < -0.3 is 10.2 Å². The average Bonchev–Trinajstić information content (AvgIpc) is 3.17. The Morgan fingerprint density at radius 3 is 2.45 bits per heavy atom. The van der Waals surface area contributed by atoms with Gasteiger partial charge in [0.05, 0.1) is 4.90 Å². The number of oxime groups is 1. The van der Waals surface area contributed by atoms with Crippen LogP contribution < -0.4 is 5.32 Å². The van der Waals surface area contributed by atoms with Crippen LogP contribution in [0.1, 0.15) is 24.8 Å². The Balaban J connectivity index is 1.33. The third kappa shape index (κ3) is 4.45. The Kier molecular flexibility index (Phi) is 5.76. The van der Waals surface area contributed by atoms with Crippen molar-refractivity contribution in [3.8, 4) is 0 Å². The highest BCUT2D eigenvalue weighted by Gasteiger charge is 2.45. The first kappa shape index (κ1) is 21.4. The molecule has 1 N–H and O–H groups in total. The molecule has 164 valence electrons. The summed E-state index contributed by atoms with van der Waals surface area (Å²) in [6.45, 7) is 0.417. The van der Waals surface area contributed by atoms with Crippen LogP contribution in [0.5, 0.6) is 0 Å². The number of carbonyl (C=O) groups is 1. The zero-order chi connectivity index (χ0) is 22.1. The van der Waals surface area contributed by atoms with Gasteiger partial charge in [0.2, 0.25) is 10.0 Å². The maximum atomic E-state index is 13.7. The second-order valence-corrected chi connectivity index (χ2v) is 9.56.